The molecule has 0 aliphatic heterocycles. The van der Waals surface area contributed by atoms with Gasteiger partial charge < -0.3 is 9.32 Å². The summed E-state index contributed by atoms with van der Waals surface area (Å²) in [7, 11) is 90.8. The normalized spacial score (nSPS) is 11.6. The molecule has 0 fully saturated rings. The SMILES string of the molecule is [B]c1c([B])c([B])c2c([B])c(-c3ccc(N(c4ccc(-c5c([B])c([B])c6c([B])c([B])c([B])c([B])c6c5[B])cc4)c4ccc(-c5cccc6oc7ccccc7c56)cc4)cc3)c([B])c([B])c2c1[B]. The summed E-state index contributed by atoms with van der Waals surface area (Å²) in [6, 6.07) is 37.8. The van der Waals surface area contributed by atoms with E-state index in [2.05, 4.69) is 41.3 Å². The Labute approximate surface area is 402 Å². The first-order chi connectivity index (χ1) is 31.6. The van der Waals surface area contributed by atoms with Crippen molar-refractivity contribution in [3.63, 3.8) is 0 Å². The highest BCUT2D eigenvalue weighted by molar-refractivity contribution is 6.73. The first-order valence-corrected chi connectivity index (χ1v) is 20.7. The van der Waals surface area contributed by atoms with Gasteiger partial charge in [-0.25, -0.2) is 0 Å². The molecule has 66 heavy (non-hydrogen) atoms. The molecule has 0 amide bonds. The Hall–Kier alpha value is -5.99. The van der Waals surface area contributed by atoms with Crippen molar-refractivity contribution in [1.82, 2.24) is 0 Å². The molecule has 1 heterocycles. The molecule has 10 aromatic rings. The first kappa shape index (κ1) is 43.9. The number of nitrogens with zero attached hydrogens (tertiary/aromatic N) is 1. The lowest BCUT2D eigenvalue weighted by Gasteiger charge is -2.28. The number of fused-ring (bicyclic) bond motifs is 5. The number of benzene rings is 9. The van der Waals surface area contributed by atoms with Gasteiger partial charge in [-0.15, -0.1) is 21.9 Å². The Bertz CT molecular complexity index is 3520. The Morgan fingerprint density at radius 2 is 0.621 bits per heavy atom. The van der Waals surface area contributed by atoms with Crippen LogP contribution in [0.2, 0.25) is 0 Å². The number of hydrogen-bond acceptors (Lipinski definition) is 2. The van der Waals surface area contributed by atoms with Gasteiger partial charge in [-0.2, -0.15) is 0 Å². The van der Waals surface area contributed by atoms with E-state index in [0.717, 1.165) is 50.1 Å². The number of para-hydroxylation sites is 1. The van der Waals surface area contributed by atoms with Crippen molar-refractivity contribution in [2.75, 3.05) is 4.90 Å². The second kappa shape index (κ2) is 16.4. The van der Waals surface area contributed by atoms with Crippen LogP contribution in [0, 0.1) is 0 Å². The summed E-state index contributed by atoms with van der Waals surface area (Å²) < 4.78 is 6.20. The maximum atomic E-state index is 6.83. The third kappa shape index (κ3) is 6.60. The zero-order chi connectivity index (χ0) is 46.6. The third-order valence-electron chi connectivity index (χ3n) is 12.7. The smallest absolute Gasteiger partial charge is 0.136 e. The van der Waals surface area contributed by atoms with Crippen molar-refractivity contribution in [3.05, 3.63) is 115 Å². The maximum Gasteiger partial charge on any atom is 0.136 e. The molecule has 0 N–H and O–H groups in total. The average Bonchev–Trinajstić information content (AvgIpc) is 3.71. The summed E-state index contributed by atoms with van der Waals surface area (Å²) in [5.74, 6) is 0. The summed E-state index contributed by atoms with van der Waals surface area (Å²) in [4.78, 5) is 2.10. The van der Waals surface area contributed by atoms with Crippen LogP contribution in [0.25, 0.3) is 76.9 Å². The third-order valence-corrected chi connectivity index (χ3v) is 12.7. The molecule has 1 aromatic heterocycles. The van der Waals surface area contributed by atoms with Crippen LogP contribution < -0.4 is 81.4 Å². The van der Waals surface area contributed by atoms with Crippen molar-refractivity contribution in [3.8, 4) is 33.4 Å². The van der Waals surface area contributed by atoms with Crippen LogP contribution in [-0.2, 0) is 0 Å². The van der Waals surface area contributed by atoms with Crippen LogP contribution in [0.5, 0.6) is 0 Å². The van der Waals surface area contributed by atoms with E-state index < -0.39 is 0 Å². The highest BCUT2D eigenvalue weighted by Crippen LogP contribution is 2.40. The molecule has 0 unspecified atom stereocenters. The summed E-state index contributed by atoms with van der Waals surface area (Å²) in [5, 5.41) is 3.52. The van der Waals surface area contributed by atoms with Gasteiger partial charge in [-0.05, 0) is 103 Å². The molecule has 0 aliphatic rings. The van der Waals surface area contributed by atoms with Crippen molar-refractivity contribution < 1.29 is 4.42 Å². The molecule has 2 nitrogen and oxygen atoms in total. The Morgan fingerprint density at radius 3 is 1.05 bits per heavy atom. The Kier molecular flexibility index (Phi) is 10.9. The van der Waals surface area contributed by atoms with Crippen molar-refractivity contribution in [2.24, 2.45) is 0 Å². The number of rotatable bonds is 6. The van der Waals surface area contributed by atoms with Gasteiger partial charge in [0, 0.05) is 27.8 Å². The van der Waals surface area contributed by atoms with E-state index >= 15 is 0 Å². The summed E-state index contributed by atoms with van der Waals surface area (Å²) >= 11 is 0. The van der Waals surface area contributed by atoms with Crippen LogP contribution in [0.3, 0.4) is 0 Å². The molecule has 0 atom stereocenters. The standard InChI is InChI=1S/C50H19B14NO/c51-37-30(39(53)41(55)35-33(37)43(57)47(61)49(63)45(35)59)21-10-16-24(17-11-21)65(23-14-8-20(9-15-23)26-5-3-7-29-32(26)27-4-1-2-6-28(27)66-29)25-18-12-22(13-19-25)31-38(52)34-36(42(56)40(31)54)46(60)50(64)48(62)44(34)58/h1-19H. The van der Waals surface area contributed by atoms with Gasteiger partial charge in [0.05, 0.1) is 0 Å². The summed E-state index contributed by atoms with van der Waals surface area (Å²) in [6.07, 6.45) is 0. The van der Waals surface area contributed by atoms with Crippen molar-refractivity contribution >= 4 is 247 Å². The monoisotopic (exact) mass is 803 g/mol. The summed E-state index contributed by atoms with van der Waals surface area (Å²) in [6.45, 7) is 0. The van der Waals surface area contributed by atoms with Gasteiger partial charge in [0.15, 0.2) is 0 Å². The van der Waals surface area contributed by atoms with E-state index in [4.69, 9.17) is 114 Å². The van der Waals surface area contributed by atoms with Crippen molar-refractivity contribution in [1.29, 1.82) is 0 Å². The molecule has 16 heteroatoms. The zero-order valence-corrected chi connectivity index (χ0v) is 35.4. The lowest BCUT2D eigenvalue weighted by Crippen LogP contribution is -2.52. The molecule has 0 saturated carbocycles. The maximum absolute atomic E-state index is 6.83. The van der Waals surface area contributed by atoms with Crippen LogP contribution >= 0.6 is 0 Å². The number of furan rings is 1. The fourth-order valence-electron chi connectivity index (χ4n) is 9.28. The molecule has 272 valence electrons. The quantitative estimate of drug-likeness (QED) is 0.173. The molecule has 0 bridgehead atoms. The van der Waals surface area contributed by atoms with E-state index in [0.29, 0.717) is 43.8 Å². The Morgan fingerprint density at radius 1 is 0.273 bits per heavy atom. The topological polar surface area (TPSA) is 16.4 Å². The zero-order valence-electron chi connectivity index (χ0n) is 35.4. The van der Waals surface area contributed by atoms with Crippen LogP contribution in [0.4, 0.5) is 17.1 Å². The molecular formula is C50H19B14NO. The molecule has 0 spiro atoms. The highest BCUT2D eigenvalue weighted by Gasteiger charge is 2.22. The minimum Gasteiger partial charge on any atom is -0.456 e. The van der Waals surface area contributed by atoms with Crippen LogP contribution in [0.15, 0.2) is 120 Å². The lowest BCUT2D eigenvalue weighted by molar-refractivity contribution is 0.669. The molecule has 0 aliphatic carbocycles. The minimum atomic E-state index is 0.106. The van der Waals surface area contributed by atoms with E-state index in [-0.39, 0.29) is 76.5 Å². The first-order valence-electron chi connectivity index (χ1n) is 20.7. The highest BCUT2D eigenvalue weighted by atomic mass is 16.3. The number of anilines is 3. The van der Waals surface area contributed by atoms with Gasteiger partial charge in [0.1, 0.15) is 121 Å². The van der Waals surface area contributed by atoms with E-state index in [1.54, 1.807) is 0 Å². The van der Waals surface area contributed by atoms with E-state index in [9.17, 15) is 0 Å². The van der Waals surface area contributed by atoms with Gasteiger partial charge in [0.25, 0.3) is 0 Å². The molecule has 28 radical (unpaired) electrons. The van der Waals surface area contributed by atoms with E-state index in [1.807, 2.05) is 78.9 Å². The van der Waals surface area contributed by atoms with Gasteiger partial charge in [-0.3, -0.25) is 0 Å². The average molecular weight is 801 g/mol. The fraction of sp³-hybridized carbons (Fsp3) is 0. The second-order valence-electron chi connectivity index (χ2n) is 16.3. The molecule has 10 rings (SSSR count). The largest absolute Gasteiger partial charge is 0.456 e. The second-order valence-corrected chi connectivity index (χ2v) is 16.3. The lowest BCUT2D eigenvalue weighted by atomic mass is 9.58. The predicted molar refractivity (Wildman–Crippen MR) is 295 cm³/mol. The van der Waals surface area contributed by atoms with Crippen LogP contribution in [-0.4, -0.2) is 110 Å². The summed E-state index contributed by atoms with van der Waals surface area (Å²) in [5.41, 5.74) is 10.7. The van der Waals surface area contributed by atoms with Crippen LogP contribution in [0.1, 0.15) is 0 Å². The minimum absolute atomic E-state index is 0.106. The fourth-order valence-corrected chi connectivity index (χ4v) is 9.28. The van der Waals surface area contributed by atoms with Gasteiger partial charge >= 0.3 is 0 Å². The Balaban J connectivity index is 1.11. The van der Waals surface area contributed by atoms with Gasteiger partial charge in [-0.1, -0.05) is 121 Å². The number of hydrogen-bond donors (Lipinski definition) is 0. The predicted octanol–water partition coefficient (Wildman–Crippen LogP) is -2.52. The molecule has 9 aromatic carbocycles. The molecule has 0 saturated heterocycles. The van der Waals surface area contributed by atoms with Gasteiger partial charge in [0.2, 0.25) is 0 Å². The molecular weight excluding hydrogens is 782 g/mol. The van der Waals surface area contributed by atoms with Crippen molar-refractivity contribution in [2.45, 2.75) is 0 Å². The van der Waals surface area contributed by atoms with E-state index in [1.165, 1.54) is 0 Å².